The van der Waals surface area contributed by atoms with E-state index in [-0.39, 0.29) is 12.5 Å². The molecule has 2 aromatic rings. The molecule has 0 atom stereocenters. The Hall–Kier alpha value is -1.08. The topological polar surface area (TPSA) is 53.5 Å². The van der Waals surface area contributed by atoms with Crippen LogP contribution in [0.15, 0.2) is 44.4 Å². The lowest BCUT2D eigenvalue weighted by molar-refractivity contribution is -0.119. The van der Waals surface area contributed by atoms with Crippen LogP contribution in [0.3, 0.4) is 0 Å². The molecule has 0 aliphatic heterocycles. The lowest BCUT2D eigenvalue weighted by atomic mass is 10.2. The largest absolute Gasteiger partial charge is 0.376 e. The van der Waals surface area contributed by atoms with Gasteiger partial charge in [-0.2, -0.15) is 5.10 Å². The van der Waals surface area contributed by atoms with E-state index in [1.54, 1.807) is 18.2 Å². The molecule has 0 aliphatic rings. The third-order valence-corrected chi connectivity index (χ3v) is 5.30. The maximum atomic E-state index is 11.8. The van der Waals surface area contributed by atoms with Crippen molar-refractivity contribution >= 4 is 72.9 Å². The first-order valence-corrected chi connectivity index (χ1v) is 9.17. The molecule has 0 aliphatic carbocycles. The normalized spacial score (nSPS) is 10.9. The molecular formula is C16H13Br2Cl2N3O. The van der Waals surface area contributed by atoms with Crippen LogP contribution in [0.5, 0.6) is 0 Å². The van der Waals surface area contributed by atoms with Gasteiger partial charge in [0.05, 0.1) is 17.8 Å². The highest BCUT2D eigenvalue weighted by Gasteiger charge is 2.05. The van der Waals surface area contributed by atoms with Gasteiger partial charge in [-0.15, -0.1) is 0 Å². The van der Waals surface area contributed by atoms with E-state index in [0.29, 0.717) is 15.6 Å². The Morgan fingerprint density at radius 1 is 1.21 bits per heavy atom. The molecule has 2 N–H and O–H groups in total. The maximum absolute atomic E-state index is 11.8. The van der Waals surface area contributed by atoms with Crippen molar-refractivity contribution in [2.75, 3.05) is 11.9 Å². The summed E-state index contributed by atoms with van der Waals surface area (Å²) in [4.78, 5) is 11.8. The molecular weight excluding hydrogens is 481 g/mol. The van der Waals surface area contributed by atoms with Crippen LogP contribution in [-0.4, -0.2) is 18.7 Å². The molecule has 0 heterocycles. The number of rotatable bonds is 5. The molecule has 0 spiro atoms. The maximum Gasteiger partial charge on any atom is 0.259 e. The highest BCUT2D eigenvalue weighted by molar-refractivity contribution is 9.11. The number of anilines is 1. The van der Waals surface area contributed by atoms with Crippen molar-refractivity contribution in [3.8, 4) is 0 Å². The second-order valence-electron chi connectivity index (χ2n) is 4.88. The number of hydrazone groups is 1. The fourth-order valence-electron chi connectivity index (χ4n) is 1.75. The third-order valence-electron chi connectivity index (χ3n) is 3.09. The van der Waals surface area contributed by atoms with Gasteiger partial charge >= 0.3 is 0 Å². The zero-order chi connectivity index (χ0) is 17.7. The average Bonchev–Trinajstić information content (AvgIpc) is 2.52. The molecule has 2 aromatic carbocycles. The second kappa shape index (κ2) is 8.85. The number of hydrogen-bond donors (Lipinski definition) is 2. The molecule has 0 saturated carbocycles. The van der Waals surface area contributed by atoms with Crippen molar-refractivity contribution in [1.82, 2.24) is 5.43 Å². The fraction of sp³-hybridized carbons (Fsp3) is 0.125. The molecule has 0 unspecified atom stereocenters. The summed E-state index contributed by atoms with van der Waals surface area (Å²) < 4.78 is 1.91. The summed E-state index contributed by atoms with van der Waals surface area (Å²) in [5.41, 5.74) is 5.01. The fourth-order valence-corrected chi connectivity index (χ4v) is 3.39. The van der Waals surface area contributed by atoms with Gasteiger partial charge in [-0.1, -0.05) is 61.1 Å². The van der Waals surface area contributed by atoms with E-state index >= 15 is 0 Å². The minimum atomic E-state index is -0.274. The number of benzene rings is 2. The average molecular weight is 494 g/mol. The van der Waals surface area contributed by atoms with Crippen molar-refractivity contribution in [2.24, 2.45) is 5.10 Å². The molecule has 126 valence electrons. The van der Waals surface area contributed by atoms with Gasteiger partial charge < -0.3 is 5.32 Å². The first kappa shape index (κ1) is 19.2. The molecule has 2 rings (SSSR count). The van der Waals surface area contributed by atoms with Crippen molar-refractivity contribution in [2.45, 2.75) is 6.92 Å². The highest BCUT2D eigenvalue weighted by Crippen LogP contribution is 2.28. The second-order valence-corrected chi connectivity index (χ2v) is 7.43. The van der Waals surface area contributed by atoms with Gasteiger partial charge in [0.1, 0.15) is 0 Å². The Labute approximate surface area is 166 Å². The molecule has 1 amide bonds. The van der Waals surface area contributed by atoms with Crippen LogP contribution in [0.25, 0.3) is 0 Å². The molecule has 4 nitrogen and oxygen atoms in total. The van der Waals surface area contributed by atoms with E-state index < -0.39 is 0 Å². The van der Waals surface area contributed by atoms with Gasteiger partial charge in [0.25, 0.3) is 5.91 Å². The van der Waals surface area contributed by atoms with E-state index in [1.165, 1.54) is 6.21 Å². The Balaban J connectivity index is 1.88. The first-order valence-electron chi connectivity index (χ1n) is 6.83. The summed E-state index contributed by atoms with van der Waals surface area (Å²) >= 11 is 18.8. The van der Waals surface area contributed by atoms with Crippen molar-refractivity contribution in [1.29, 1.82) is 0 Å². The number of carbonyl (C=O) groups is 1. The number of carbonyl (C=O) groups excluding carboxylic acids is 1. The minimum Gasteiger partial charge on any atom is -0.376 e. The molecule has 0 radical (unpaired) electrons. The van der Waals surface area contributed by atoms with Crippen LogP contribution in [0.1, 0.15) is 11.1 Å². The Bertz CT molecular complexity index is 774. The monoisotopic (exact) mass is 491 g/mol. The van der Waals surface area contributed by atoms with Crippen molar-refractivity contribution in [3.05, 3.63) is 60.4 Å². The summed E-state index contributed by atoms with van der Waals surface area (Å²) in [6.45, 7) is 2.08. The van der Waals surface area contributed by atoms with Gasteiger partial charge in [0.15, 0.2) is 0 Å². The van der Waals surface area contributed by atoms with Crippen molar-refractivity contribution < 1.29 is 4.79 Å². The summed E-state index contributed by atoms with van der Waals surface area (Å²) in [6, 6.07) is 8.85. The SMILES string of the molecule is Cc1c(Br)cc(NCC(=O)N/N=C\c2ccc(Cl)cc2Cl)cc1Br. The van der Waals surface area contributed by atoms with Crippen molar-refractivity contribution in [3.63, 3.8) is 0 Å². The standard InChI is InChI=1S/C16H13Br2Cl2N3O/c1-9-13(17)5-12(6-14(9)18)21-8-16(24)23-22-7-10-2-3-11(19)4-15(10)20/h2-7,21H,8H2,1H3,(H,23,24)/b22-7-. The molecule has 0 bridgehead atoms. The lowest BCUT2D eigenvalue weighted by Crippen LogP contribution is -2.25. The van der Waals surface area contributed by atoms with Crippen LogP contribution in [0.4, 0.5) is 5.69 Å². The van der Waals surface area contributed by atoms with Crippen LogP contribution in [0.2, 0.25) is 10.0 Å². The number of amides is 1. The van der Waals surface area contributed by atoms with Crippen LogP contribution in [0, 0.1) is 6.92 Å². The first-order chi connectivity index (χ1) is 11.4. The lowest BCUT2D eigenvalue weighted by Gasteiger charge is -2.09. The van der Waals surface area contributed by atoms with Crippen LogP contribution >= 0.6 is 55.1 Å². The summed E-state index contributed by atoms with van der Waals surface area (Å²) in [5, 5.41) is 7.92. The zero-order valence-electron chi connectivity index (χ0n) is 12.5. The number of nitrogens with one attached hydrogen (secondary N) is 2. The van der Waals surface area contributed by atoms with E-state index in [9.17, 15) is 4.79 Å². The van der Waals surface area contributed by atoms with Gasteiger partial charge in [0, 0.05) is 25.2 Å². The Morgan fingerprint density at radius 3 is 2.50 bits per heavy atom. The van der Waals surface area contributed by atoms with Gasteiger partial charge in [-0.05, 0) is 36.8 Å². The summed E-state index contributed by atoms with van der Waals surface area (Å²) in [6.07, 6.45) is 1.47. The van der Waals surface area contributed by atoms with E-state index in [1.807, 2.05) is 19.1 Å². The minimum absolute atomic E-state index is 0.0909. The van der Waals surface area contributed by atoms with Crippen LogP contribution < -0.4 is 10.7 Å². The van der Waals surface area contributed by atoms with E-state index in [2.05, 4.69) is 47.7 Å². The smallest absolute Gasteiger partial charge is 0.259 e. The predicted molar refractivity (Wildman–Crippen MR) is 107 cm³/mol. The van der Waals surface area contributed by atoms with E-state index in [4.69, 9.17) is 23.2 Å². The summed E-state index contributed by atoms with van der Waals surface area (Å²) in [7, 11) is 0. The highest BCUT2D eigenvalue weighted by atomic mass is 79.9. The number of hydrogen-bond acceptors (Lipinski definition) is 3. The number of nitrogens with zero attached hydrogens (tertiary/aromatic N) is 1. The molecule has 8 heteroatoms. The summed E-state index contributed by atoms with van der Waals surface area (Å²) in [5.74, 6) is -0.274. The quantitative estimate of drug-likeness (QED) is 0.433. The number of halogens is 4. The molecule has 0 aromatic heterocycles. The Kier molecular flexibility index (Phi) is 7.10. The molecule has 0 saturated heterocycles. The third kappa shape index (κ3) is 5.48. The predicted octanol–water partition coefficient (Wildman–Crippen LogP) is 5.39. The van der Waals surface area contributed by atoms with Crippen LogP contribution in [-0.2, 0) is 4.79 Å². The molecule has 0 fully saturated rings. The van der Waals surface area contributed by atoms with Gasteiger partial charge in [0.2, 0.25) is 0 Å². The zero-order valence-corrected chi connectivity index (χ0v) is 17.2. The van der Waals surface area contributed by atoms with E-state index in [0.717, 1.165) is 20.2 Å². The van der Waals surface area contributed by atoms with Gasteiger partial charge in [-0.25, -0.2) is 5.43 Å². The Morgan fingerprint density at radius 2 is 1.88 bits per heavy atom. The van der Waals surface area contributed by atoms with Gasteiger partial charge in [-0.3, -0.25) is 4.79 Å². The molecule has 24 heavy (non-hydrogen) atoms.